The van der Waals surface area contributed by atoms with Crippen molar-refractivity contribution >= 4 is 28.4 Å². The quantitative estimate of drug-likeness (QED) is 0.505. The number of amides is 2. The van der Waals surface area contributed by atoms with Crippen LogP contribution in [0.2, 0.25) is 0 Å². The molecule has 4 rings (SSSR count). The third-order valence-electron chi connectivity index (χ3n) is 4.93. The van der Waals surface area contributed by atoms with Gasteiger partial charge in [0.1, 0.15) is 6.54 Å². The predicted molar refractivity (Wildman–Crippen MR) is 118 cm³/mol. The first-order chi connectivity index (χ1) is 15.0. The molecular formula is C23H21N5O3. The van der Waals surface area contributed by atoms with Gasteiger partial charge in [0.15, 0.2) is 0 Å². The number of aromatic nitrogens is 3. The largest absolute Gasteiger partial charge is 0.348 e. The number of nitrogens with one attached hydrogen (secondary N) is 2. The summed E-state index contributed by atoms with van der Waals surface area (Å²) in [4.78, 5) is 37.2. The molecule has 2 heterocycles. The van der Waals surface area contributed by atoms with Gasteiger partial charge in [-0.3, -0.25) is 19.1 Å². The van der Waals surface area contributed by atoms with E-state index in [-0.39, 0.29) is 30.5 Å². The van der Waals surface area contributed by atoms with Crippen LogP contribution in [-0.2, 0) is 24.9 Å². The summed E-state index contributed by atoms with van der Waals surface area (Å²) in [6, 6.07) is 17.6. The monoisotopic (exact) mass is 415 g/mol. The van der Waals surface area contributed by atoms with Gasteiger partial charge < -0.3 is 15.2 Å². The predicted octanol–water partition coefficient (Wildman–Crippen LogP) is 2.30. The SMILES string of the molecule is Cn1c(=O)cc(C(=O)NCc2cccc(NC(=O)Cn3cccn3)c2)c2ccccc21. The summed E-state index contributed by atoms with van der Waals surface area (Å²) in [6.07, 6.45) is 3.33. The summed E-state index contributed by atoms with van der Waals surface area (Å²) < 4.78 is 3.05. The van der Waals surface area contributed by atoms with Crippen LogP contribution in [0.1, 0.15) is 15.9 Å². The lowest BCUT2D eigenvalue weighted by atomic mass is 10.1. The molecule has 0 unspecified atom stereocenters. The molecule has 2 N–H and O–H groups in total. The molecule has 0 radical (unpaired) electrons. The first kappa shape index (κ1) is 20.1. The van der Waals surface area contributed by atoms with Crippen LogP contribution < -0.4 is 16.2 Å². The van der Waals surface area contributed by atoms with E-state index in [2.05, 4.69) is 15.7 Å². The van der Waals surface area contributed by atoms with E-state index < -0.39 is 0 Å². The van der Waals surface area contributed by atoms with Gasteiger partial charge in [0, 0.05) is 43.1 Å². The van der Waals surface area contributed by atoms with E-state index in [1.165, 1.54) is 15.3 Å². The highest BCUT2D eigenvalue weighted by Gasteiger charge is 2.13. The van der Waals surface area contributed by atoms with Crippen LogP contribution in [-0.4, -0.2) is 26.2 Å². The number of anilines is 1. The number of para-hydroxylation sites is 1. The summed E-state index contributed by atoms with van der Waals surface area (Å²) in [5.74, 6) is -0.529. The minimum Gasteiger partial charge on any atom is -0.348 e. The van der Waals surface area contributed by atoms with Crippen molar-refractivity contribution < 1.29 is 9.59 Å². The molecule has 31 heavy (non-hydrogen) atoms. The lowest BCUT2D eigenvalue weighted by Gasteiger charge is -2.11. The molecule has 0 saturated heterocycles. The summed E-state index contributed by atoms with van der Waals surface area (Å²) in [6.45, 7) is 0.370. The van der Waals surface area contributed by atoms with Crippen LogP contribution in [0.3, 0.4) is 0 Å². The Morgan fingerprint density at radius 2 is 1.87 bits per heavy atom. The van der Waals surface area contributed by atoms with Crippen molar-refractivity contribution in [2.45, 2.75) is 13.1 Å². The number of aryl methyl sites for hydroxylation is 1. The van der Waals surface area contributed by atoms with E-state index in [0.717, 1.165) is 5.56 Å². The number of pyridine rings is 1. The highest BCUT2D eigenvalue weighted by atomic mass is 16.2. The summed E-state index contributed by atoms with van der Waals surface area (Å²) >= 11 is 0. The van der Waals surface area contributed by atoms with E-state index >= 15 is 0 Å². The molecule has 0 aliphatic rings. The minimum absolute atomic E-state index is 0.115. The van der Waals surface area contributed by atoms with Crippen molar-refractivity contribution in [1.82, 2.24) is 19.7 Å². The zero-order valence-corrected chi connectivity index (χ0v) is 16.9. The Morgan fingerprint density at radius 3 is 2.68 bits per heavy atom. The Morgan fingerprint density at radius 1 is 1.03 bits per heavy atom. The van der Waals surface area contributed by atoms with Crippen LogP contribution in [0, 0.1) is 0 Å². The van der Waals surface area contributed by atoms with Crippen LogP contribution >= 0.6 is 0 Å². The number of carbonyl (C=O) groups is 2. The second-order valence-electron chi connectivity index (χ2n) is 7.11. The fraction of sp³-hybridized carbons (Fsp3) is 0.130. The van der Waals surface area contributed by atoms with Gasteiger partial charge >= 0.3 is 0 Å². The lowest BCUT2D eigenvalue weighted by molar-refractivity contribution is -0.116. The molecule has 2 aromatic heterocycles. The van der Waals surface area contributed by atoms with Crippen LogP contribution in [0.4, 0.5) is 5.69 Å². The second kappa shape index (κ2) is 8.66. The van der Waals surface area contributed by atoms with Gasteiger partial charge in [0.25, 0.3) is 11.5 Å². The fourth-order valence-corrected chi connectivity index (χ4v) is 3.38. The molecule has 0 atom stereocenters. The van der Waals surface area contributed by atoms with E-state index in [0.29, 0.717) is 22.2 Å². The molecule has 0 aliphatic heterocycles. The van der Waals surface area contributed by atoms with E-state index in [9.17, 15) is 14.4 Å². The number of hydrogen-bond acceptors (Lipinski definition) is 4. The molecule has 2 amide bonds. The fourth-order valence-electron chi connectivity index (χ4n) is 3.38. The Hall–Kier alpha value is -4.20. The van der Waals surface area contributed by atoms with E-state index in [4.69, 9.17) is 0 Å². The number of carbonyl (C=O) groups excluding carboxylic acids is 2. The maximum atomic E-state index is 12.8. The molecule has 0 spiro atoms. The molecule has 8 heteroatoms. The maximum Gasteiger partial charge on any atom is 0.252 e. The first-order valence-corrected chi connectivity index (χ1v) is 9.74. The van der Waals surface area contributed by atoms with Crippen molar-refractivity contribution in [2.24, 2.45) is 7.05 Å². The Bertz CT molecular complexity index is 1310. The Kier molecular flexibility index (Phi) is 5.61. The second-order valence-corrected chi connectivity index (χ2v) is 7.11. The highest BCUT2D eigenvalue weighted by molar-refractivity contribution is 6.06. The zero-order chi connectivity index (χ0) is 21.8. The summed E-state index contributed by atoms with van der Waals surface area (Å²) in [5, 5.41) is 10.4. The number of fused-ring (bicyclic) bond motifs is 1. The van der Waals surface area contributed by atoms with Crippen LogP contribution in [0.5, 0.6) is 0 Å². The van der Waals surface area contributed by atoms with Crippen LogP contribution in [0.25, 0.3) is 10.9 Å². The van der Waals surface area contributed by atoms with Crippen LogP contribution in [0.15, 0.2) is 77.9 Å². The normalized spacial score (nSPS) is 10.7. The maximum absolute atomic E-state index is 12.8. The molecule has 2 aromatic carbocycles. The highest BCUT2D eigenvalue weighted by Crippen LogP contribution is 2.17. The smallest absolute Gasteiger partial charge is 0.252 e. The van der Waals surface area contributed by atoms with Gasteiger partial charge in [-0.1, -0.05) is 30.3 Å². The Labute approximate surface area is 178 Å². The molecule has 8 nitrogen and oxygen atoms in total. The molecule has 0 bridgehead atoms. The van der Waals surface area contributed by atoms with Gasteiger partial charge in [0.2, 0.25) is 5.91 Å². The average Bonchev–Trinajstić information content (AvgIpc) is 3.27. The number of rotatable bonds is 6. The van der Waals surface area contributed by atoms with Crippen molar-refractivity contribution in [1.29, 1.82) is 0 Å². The van der Waals surface area contributed by atoms with E-state index in [1.807, 2.05) is 30.3 Å². The zero-order valence-electron chi connectivity index (χ0n) is 16.9. The van der Waals surface area contributed by atoms with Crippen molar-refractivity contribution in [3.8, 4) is 0 Å². The van der Waals surface area contributed by atoms with Crippen molar-refractivity contribution in [3.63, 3.8) is 0 Å². The number of benzene rings is 2. The van der Waals surface area contributed by atoms with Crippen molar-refractivity contribution in [3.05, 3.63) is 94.5 Å². The lowest BCUT2D eigenvalue weighted by Crippen LogP contribution is -2.26. The standard InChI is InChI=1S/C23H21N5O3/c1-27-20-9-3-2-8-18(20)19(13-22(27)30)23(31)24-14-16-6-4-7-17(12-16)26-21(29)15-28-11-5-10-25-28/h2-13H,14-15H2,1H3,(H,24,31)(H,26,29). The Balaban J connectivity index is 1.45. The van der Waals surface area contributed by atoms with Gasteiger partial charge in [-0.15, -0.1) is 0 Å². The third kappa shape index (κ3) is 4.53. The molecule has 156 valence electrons. The molecule has 4 aromatic rings. The van der Waals surface area contributed by atoms with Gasteiger partial charge in [-0.2, -0.15) is 5.10 Å². The van der Waals surface area contributed by atoms with E-state index in [1.54, 1.807) is 43.7 Å². The van der Waals surface area contributed by atoms with Gasteiger partial charge in [-0.25, -0.2) is 0 Å². The molecule has 0 fully saturated rings. The third-order valence-corrected chi connectivity index (χ3v) is 4.93. The summed E-state index contributed by atoms with van der Waals surface area (Å²) in [7, 11) is 1.68. The van der Waals surface area contributed by atoms with Crippen molar-refractivity contribution in [2.75, 3.05) is 5.32 Å². The number of nitrogens with zero attached hydrogens (tertiary/aromatic N) is 3. The number of hydrogen-bond donors (Lipinski definition) is 2. The van der Waals surface area contributed by atoms with Gasteiger partial charge in [-0.05, 0) is 29.8 Å². The molecule has 0 aliphatic carbocycles. The molecular weight excluding hydrogens is 394 g/mol. The minimum atomic E-state index is -0.331. The topological polar surface area (TPSA) is 98.0 Å². The first-order valence-electron chi connectivity index (χ1n) is 9.74. The average molecular weight is 415 g/mol. The molecule has 0 saturated carbocycles. The van der Waals surface area contributed by atoms with Gasteiger partial charge in [0.05, 0.1) is 11.1 Å². The summed E-state index contributed by atoms with van der Waals surface area (Å²) in [5.41, 5.74) is 2.23.